The maximum absolute atomic E-state index is 13.2. The van der Waals surface area contributed by atoms with Gasteiger partial charge < -0.3 is 95.1 Å². The molecule has 11 aromatic rings. The Hall–Kier alpha value is -10.1. The first-order valence-corrected chi connectivity index (χ1v) is 45.4. The summed E-state index contributed by atoms with van der Waals surface area (Å²) in [5.41, 5.74) is 21.1. The molecule has 11 aromatic carbocycles. The van der Waals surface area contributed by atoms with Gasteiger partial charge >= 0.3 is 0 Å². The van der Waals surface area contributed by atoms with Gasteiger partial charge in [0.1, 0.15) is 110 Å². The van der Waals surface area contributed by atoms with Crippen molar-refractivity contribution in [2.75, 3.05) is 19.8 Å². The Morgan fingerprint density at radius 3 is 0.915 bits per heavy atom. The molecule has 1 N–H and O–H groups in total. The topological polar surface area (TPSA) is 244 Å². The van der Waals surface area contributed by atoms with Crippen LogP contribution in [0.4, 0.5) is 0 Å². The molecular formula is C107H115N3O20. The van der Waals surface area contributed by atoms with E-state index in [0.717, 1.165) is 80.5 Å². The first-order chi connectivity index (χ1) is 64.3. The van der Waals surface area contributed by atoms with Crippen molar-refractivity contribution in [1.82, 2.24) is 0 Å². The summed E-state index contributed by atoms with van der Waals surface area (Å²) >= 11 is 0. The average Bonchev–Trinajstić information content (AvgIpc) is 1.48. The fourth-order valence-corrected chi connectivity index (χ4v) is 18.0. The molecule has 0 unspecified atom stereocenters. The Kier molecular flexibility index (Phi) is 33.4. The Bertz CT molecular complexity index is 5120. The van der Waals surface area contributed by atoms with E-state index in [1.165, 1.54) is 0 Å². The number of hydrogen-bond acceptors (Lipinski definition) is 21. The van der Waals surface area contributed by atoms with Gasteiger partial charge in [0, 0.05) is 17.8 Å². The van der Waals surface area contributed by atoms with Gasteiger partial charge in [0.15, 0.2) is 24.7 Å². The summed E-state index contributed by atoms with van der Waals surface area (Å²) in [5, 5.41) is 18.0. The van der Waals surface area contributed by atoms with Gasteiger partial charge in [-0.05, 0) is 79.6 Å². The lowest BCUT2D eigenvalue weighted by molar-refractivity contribution is -0.377. The van der Waals surface area contributed by atoms with Crippen LogP contribution in [0.5, 0.6) is 0 Å². The molecule has 0 amide bonds. The van der Waals surface area contributed by atoms with E-state index in [-0.39, 0.29) is 92.5 Å². The minimum Gasteiger partial charge on any atom is -0.385 e. The van der Waals surface area contributed by atoms with Crippen molar-refractivity contribution in [2.45, 2.75) is 239 Å². The number of nitrogens with zero attached hydrogens (tertiary/aromatic N) is 3. The monoisotopic (exact) mass is 1760 g/mol. The molecule has 21 atom stereocenters. The molecule has 0 aromatic heterocycles. The van der Waals surface area contributed by atoms with E-state index in [1.54, 1.807) is 0 Å². The van der Waals surface area contributed by atoms with Crippen molar-refractivity contribution < 1.29 is 95.1 Å². The molecule has 4 aliphatic heterocycles. The summed E-state index contributed by atoms with van der Waals surface area (Å²) in [5.74, 6) is -1.03. The van der Waals surface area contributed by atoms with Gasteiger partial charge in [-0.15, -0.1) is 0 Å². The molecule has 23 heteroatoms. The van der Waals surface area contributed by atoms with Crippen molar-refractivity contribution in [3.05, 3.63) is 405 Å². The second-order valence-electron chi connectivity index (χ2n) is 33.8. The molecule has 4 saturated heterocycles. The second kappa shape index (κ2) is 47.3. The van der Waals surface area contributed by atoms with Gasteiger partial charge in [0.25, 0.3) is 0 Å². The Balaban J connectivity index is 0.774. The third kappa shape index (κ3) is 24.8. The molecule has 2 aliphatic carbocycles. The standard InChI is InChI=1S/C107H115N3O20/c108-110-109-89-94(116-65-79-45-21-5-22-46-79)93(87(73-113-62-76-39-15-2-16-40-76)124-104(89)128-100-98(120-69-83-53-29-9-30-54-83)97(119-68-82-51-27-8-28-52-82)99(121-70-84-55-31-10-32-56-84)101-102(100)130-107(129-101)59-35-12-36-60-107)127-106-103(122-71-85-57-33-11-34-58-85)96(118-67-81-49-25-7-26-50-81)92(115-64-78-43-19-4-20-44-78)88(126-106)74-123-105-90(111)95(117-66-80-47-23-6-24-48-80)91(114-63-77-41-17-3-18-42-77)86(125-105)72-112-61-75-37-13-1-14-38-75/h1-11,13-34,37-58,86-106,111H,12,35-36,59-74H2/t86-,87-,88-,89-,90+,91-,92-,93-,94-,95-,96+,97+,98+,99-,100-,101-,102+,103+,104-,105+,106-/m1/s1. The van der Waals surface area contributed by atoms with Gasteiger partial charge in [-0.1, -0.05) is 345 Å². The van der Waals surface area contributed by atoms with Crippen molar-refractivity contribution in [3.8, 4) is 0 Å². The van der Waals surface area contributed by atoms with Crippen LogP contribution in [-0.4, -0.2) is 159 Å². The average molecular weight is 1760 g/mol. The number of benzene rings is 11. The second-order valence-corrected chi connectivity index (χ2v) is 33.8. The molecule has 0 bridgehead atoms. The van der Waals surface area contributed by atoms with Crippen LogP contribution in [0, 0.1) is 0 Å². The molecule has 2 saturated carbocycles. The van der Waals surface area contributed by atoms with Gasteiger partial charge in [-0.2, -0.15) is 0 Å². The maximum Gasteiger partial charge on any atom is 0.187 e. The quantitative estimate of drug-likeness (QED) is 0.0212. The van der Waals surface area contributed by atoms with E-state index < -0.39 is 134 Å². The van der Waals surface area contributed by atoms with E-state index in [9.17, 15) is 10.6 Å². The highest BCUT2D eigenvalue weighted by atomic mass is 16.8. The minimum atomic E-state index is -1.49. The van der Waals surface area contributed by atoms with Crippen LogP contribution >= 0.6 is 0 Å². The number of ether oxygens (including phenoxy) is 19. The van der Waals surface area contributed by atoms with Gasteiger partial charge in [0.2, 0.25) is 0 Å². The summed E-state index contributed by atoms with van der Waals surface area (Å²) in [6, 6.07) is 107. The number of hydrogen-bond donors (Lipinski definition) is 1. The molecule has 1 spiro atoms. The lowest BCUT2D eigenvalue weighted by Crippen LogP contribution is -2.68. The van der Waals surface area contributed by atoms with Crippen LogP contribution in [-0.2, 0) is 163 Å². The maximum atomic E-state index is 13.2. The Morgan fingerprint density at radius 2 is 0.538 bits per heavy atom. The molecule has 17 rings (SSSR count). The number of fused-ring (bicyclic) bond motifs is 1. The van der Waals surface area contributed by atoms with Crippen LogP contribution in [0.25, 0.3) is 10.4 Å². The van der Waals surface area contributed by atoms with Crippen LogP contribution < -0.4 is 0 Å². The molecular weight excluding hydrogens is 1650 g/mol. The van der Waals surface area contributed by atoms with Crippen LogP contribution in [0.15, 0.2) is 339 Å². The zero-order valence-electron chi connectivity index (χ0n) is 72.9. The molecule has 678 valence electrons. The molecule has 6 fully saturated rings. The highest BCUT2D eigenvalue weighted by Gasteiger charge is 2.65. The third-order valence-electron chi connectivity index (χ3n) is 24.6. The zero-order chi connectivity index (χ0) is 88.2. The predicted octanol–water partition coefficient (Wildman–Crippen LogP) is 18.1. The van der Waals surface area contributed by atoms with E-state index in [1.807, 2.05) is 334 Å². The van der Waals surface area contributed by atoms with Crippen molar-refractivity contribution in [2.24, 2.45) is 5.11 Å². The SMILES string of the molecule is [N-]=[N+]=N[C@H]1[C@@H](O[C@@H]2[C@@H](OCc3ccccc3)[C@H](OCc3ccccc3)[C@@H](OCc3ccccc3)[C@H]3OC4(CCCCC4)O[C@@H]23)O[C@H](COCc2ccccc2)[C@@H](O[C@H]2O[C@H](CO[C@H]3O[C@H](COCc4ccccc4)[C@@H](OCc4ccccc4)[C@H](OCc4ccccc4)[C@@H]3O)[C@@H](OCc3ccccc3)[C@H](OCc3ccccc3)[C@@H]2OCc2ccccc2)[C@@H]1OCc1ccccc1. The van der Waals surface area contributed by atoms with E-state index in [4.69, 9.17) is 95.1 Å². The summed E-state index contributed by atoms with van der Waals surface area (Å²) in [4.78, 5) is 3.67. The van der Waals surface area contributed by atoms with Crippen LogP contribution in [0.3, 0.4) is 0 Å². The van der Waals surface area contributed by atoms with Gasteiger partial charge in [0.05, 0.1) is 92.5 Å². The van der Waals surface area contributed by atoms with Crippen molar-refractivity contribution in [3.63, 3.8) is 0 Å². The number of aliphatic hydroxyl groups is 1. The van der Waals surface area contributed by atoms with Crippen LogP contribution in [0.1, 0.15) is 93.3 Å². The number of rotatable bonds is 43. The zero-order valence-corrected chi connectivity index (χ0v) is 72.9. The lowest BCUT2D eigenvalue weighted by atomic mass is 9.83. The number of azide groups is 1. The Labute approximate surface area is 760 Å². The molecule has 130 heavy (non-hydrogen) atoms. The molecule has 4 heterocycles. The first kappa shape index (κ1) is 91.8. The van der Waals surface area contributed by atoms with E-state index in [2.05, 4.69) is 4.91 Å². The molecule has 23 nitrogen and oxygen atoms in total. The predicted molar refractivity (Wildman–Crippen MR) is 484 cm³/mol. The first-order valence-electron chi connectivity index (χ1n) is 45.4. The van der Waals surface area contributed by atoms with E-state index >= 15 is 0 Å². The van der Waals surface area contributed by atoms with Gasteiger partial charge in [-0.25, -0.2) is 0 Å². The van der Waals surface area contributed by atoms with E-state index in [0.29, 0.717) is 12.8 Å². The Morgan fingerprint density at radius 1 is 0.269 bits per heavy atom. The fourth-order valence-electron chi connectivity index (χ4n) is 18.0. The van der Waals surface area contributed by atoms with Crippen molar-refractivity contribution in [1.29, 1.82) is 0 Å². The van der Waals surface area contributed by atoms with Crippen LogP contribution in [0.2, 0.25) is 0 Å². The minimum absolute atomic E-state index is 0.0120. The summed E-state index contributed by atoms with van der Waals surface area (Å²) < 4.78 is 139. The summed E-state index contributed by atoms with van der Waals surface area (Å²) in [7, 11) is 0. The smallest absolute Gasteiger partial charge is 0.187 e. The summed E-state index contributed by atoms with van der Waals surface area (Å²) in [6.45, 7) is 0.838. The fraction of sp³-hybridized carbons (Fsp3) is 0.383. The third-order valence-corrected chi connectivity index (χ3v) is 24.6. The van der Waals surface area contributed by atoms with Gasteiger partial charge in [-0.3, -0.25) is 0 Å². The lowest BCUT2D eigenvalue weighted by Gasteiger charge is -2.51. The van der Waals surface area contributed by atoms with Crippen molar-refractivity contribution >= 4 is 0 Å². The largest absolute Gasteiger partial charge is 0.385 e. The molecule has 6 aliphatic rings. The molecule has 0 radical (unpaired) electrons. The highest BCUT2D eigenvalue weighted by Crippen LogP contribution is 2.49. The normalized spacial score (nSPS) is 27.7. The highest BCUT2D eigenvalue weighted by molar-refractivity contribution is 5.24. The summed E-state index contributed by atoms with van der Waals surface area (Å²) in [6.07, 6.45) is -18.5. The number of aliphatic hydroxyl groups excluding tert-OH is 1.